The summed E-state index contributed by atoms with van der Waals surface area (Å²) in [5.74, 6) is -4.36. The number of nitrogens with two attached hydrogens (primary N) is 1. The second-order valence-electron chi connectivity index (χ2n) is 6.73. The van der Waals surface area contributed by atoms with Gasteiger partial charge in [0.05, 0.1) is 18.8 Å². The maximum absolute atomic E-state index is 12.4. The number of para-hydroxylation sites is 1. The summed E-state index contributed by atoms with van der Waals surface area (Å²) in [6.07, 6.45) is -7.13. The van der Waals surface area contributed by atoms with Gasteiger partial charge in [-0.1, -0.05) is 18.2 Å². The van der Waals surface area contributed by atoms with E-state index in [-0.39, 0.29) is 12.4 Å². The third-order valence-corrected chi connectivity index (χ3v) is 4.46. The second-order valence-corrected chi connectivity index (χ2v) is 6.73. The van der Waals surface area contributed by atoms with Gasteiger partial charge < -0.3 is 45.5 Å². The molecule has 1 aliphatic rings. The third kappa shape index (κ3) is 5.48. The molecule has 0 aromatic heterocycles. The molecule has 0 radical (unpaired) electrons. The summed E-state index contributed by atoms with van der Waals surface area (Å²) in [7, 11) is 0. The molecule has 0 aliphatic carbocycles. The van der Waals surface area contributed by atoms with Gasteiger partial charge in [0.1, 0.15) is 30.7 Å². The minimum absolute atomic E-state index is 0.158. The van der Waals surface area contributed by atoms with Crippen molar-refractivity contribution in [3.63, 3.8) is 0 Å². The Morgan fingerprint density at radius 3 is 2.62 bits per heavy atom. The number of esters is 2. The average Bonchev–Trinajstić information content (AvgIpc) is 2.68. The van der Waals surface area contributed by atoms with E-state index in [9.17, 15) is 30.0 Å². The smallest absolute Gasteiger partial charge is 0.367 e. The summed E-state index contributed by atoms with van der Waals surface area (Å²) >= 11 is 0. The first-order valence-corrected chi connectivity index (χ1v) is 8.83. The van der Waals surface area contributed by atoms with Crippen LogP contribution in [-0.4, -0.2) is 80.3 Å². The lowest BCUT2D eigenvalue weighted by atomic mass is 9.89. The lowest BCUT2D eigenvalue weighted by molar-refractivity contribution is -0.295. The second kappa shape index (κ2) is 9.59. The molecule has 0 saturated carbocycles. The van der Waals surface area contributed by atoms with Gasteiger partial charge in [0.2, 0.25) is 0 Å². The standard InChI is InChI=1S/C18H25NO10/c1-9(21)28-13-5-3-2-4-10(13)8-27-17(25)18(26)6-11(22)14(19)16(29-18)15(24)12(23)7-20/h2-5,11-12,14-16,20,22-24,26H,6-8,19H2,1H3/t11-,12+,14+,15+,16+,18?/m0/s1. The van der Waals surface area contributed by atoms with Gasteiger partial charge in [-0.25, -0.2) is 4.79 Å². The van der Waals surface area contributed by atoms with Crippen LogP contribution in [0.2, 0.25) is 0 Å². The van der Waals surface area contributed by atoms with Gasteiger partial charge in [0.15, 0.2) is 0 Å². The number of aliphatic hydroxyl groups is 5. The highest BCUT2D eigenvalue weighted by Gasteiger charge is 2.53. The molecule has 2 rings (SSSR count). The van der Waals surface area contributed by atoms with Crippen molar-refractivity contribution >= 4 is 11.9 Å². The van der Waals surface area contributed by atoms with Crippen LogP contribution in [0.25, 0.3) is 0 Å². The number of carbonyl (C=O) groups is 2. The van der Waals surface area contributed by atoms with E-state index < -0.39 is 61.2 Å². The molecular weight excluding hydrogens is 390 g/mol. The molecule has 6 atom stereocenters. The van der Waals surface area contributed by atoms with Crippen molar-refractivity contribution in [1.82, 2.24) is 0 Å². The number of hydrogen-bond acceptors (Lipinski definition) is 11. The van der Waals surface area contributed by atoms with Crippen LogP contribution in [0, 0.1) is 0 Å². The summed E-state index contributed by atoms with van der Waals surface area (Å²) in [6, 6.07) is 5.00. The number of benzene rings is 1. The first kappa shape index (κ1) is 23.2. The van der Waals surface area contributed by atoms with E-state index in [1.54, 1.807) is 12.1 Å². The van der Waals surface area contributed by atoms with E-state index in [1.165, 1.54) is 19.1 Å². The molecule has 162 valence electrons. The molecule has 1 fully saturated rings. The number of rotatable bonds is 7. The predicted octanol–water partition coefficient (Wildman–Crippen LogP) is -2.47. The summed E-state index contributed by atoms with van der Waals surface area (Å²) in [4.78, 5) is 23.6. The zero-order valence-electron chi connectivity index (χ0n) is 15.7. The van der Waals surface area contributed by atoms with E-state index in [4.69, 9.17) is 25.1 Å². The van der Waals surface area contributed by atoms with Crippen LogP contribution >= 0.6 is 0 Å². The van der Waals surface area contributed by atoms with Crippen LogP contribution in [0.4, 0.5) is 0 Å². The summed E-state index contributed by atoms with van der Waals surface area (Å²) < 4.78 is 15.2. The van der Waals surface area contributed by atoms with Gasteiger partial charge >= 0.3 is 11.9 Å². The summed E-state index contributed by atoms with van der Waals surface area (Å²) in [5.41, 5.74) is 6.06. The molecule has 0 bridgehead atoms. The Labute approximate surface area is 166 Å². The number of aliphatic hydroxyl groups excluding tert-OH is 4. The highest BCUT2D eigenvalue weighted by Crippen LogP contribution is 2.31. The van der Waals surface area contributed by atoms with E-state index in [0.717, 1.165) is 0 Å². The predicted molar refractivity (Wildman–Crippen MR) is 95.1 cm³/mol. The monoisotopic (exact) mass is 415 g/mol. The van der Waals surface area contributed by atoms with Crippen LogP contribution in [0.1, 0.15) is 18.9 Å². The van der Waals surface area contributed by atoms with Crippen LogP contribution in [0.5, 0.6) is 5.75 Å². The maximum atomic E-state index is 12.4. The van der Waals surface area contributed by atoms with Crippen LogP contribution in [0.15, 0.2) is 24.3 Å². The molecule has 0 amide bonds. The Morgan fingerprint density at radius 1 is 1.34 bits per heavy atom. The van der Waals surface area contributed by atoms with E-state index >= 15 is 0 Å². The lowest BCUT2D eigenvalue weighted by Gasteiger charge is -2.43. The molecular formula is C18H25NO10. The van der Waals surface area contributed by atoms with Crippen molar-refractivity contribution in [2.24, 2.45) is 5.73 Å². The van der Waals surface area contributed by atoms with Gasteiger partial charge in [-0.05, 0) is 6.07 Å². The van der Waals surface area contributed by atoms with Crippen LogP contribution < -0.4 is 10.5 Å². The molecule has 29 heavy (non-hydrogen) atoms. The SMILES string of the molecule is CC(=O)Oc1ccccc1COC(=O)C1(O)C[C@H](O)[C@@H](N)[C@H]([C@H](O)[C@H](O)CO)O1. The first-order valence-electron chi connectivity index (χ1n) is 8.83. The topological polar surface area (TPSA) is 189 Å². The highest BCUT2D eigenvalue weighted by molar-refractivity contribution is 5.78. The summed E-state index contributed by atoms with van der Waals surface area (Å²) in [6.45, 7) is -0.0134. The van der Waals surface area contributed by atoms with Crippen molar-refractivity contribution in [3.05, 3.63) is 29.8 Å². The fourth-order valence-electron chi connectivity index (χ4n) is 2.88. The van der Waals surface area contributed by atoms with Crippen molar-refractivity contribution in [3.8, 4) is 5.75 Å². The number of ether oxygens (including phenoxy) is 3. The van der Waals surface area contributed by atoms with Gasteiger partial charge in [-0.3, -0.25) is 4.79 Å². The zero-order chi connectivity index (χ0) is 21.8. The Kier molecular flexibility index (Phi) is 7.66. The lowest BCUT2D eigenvalue weighted by Crippen LogP contribution is -2.65. The molecule has 1 saturated heterocycles. The van der Waals surface area contributed by atoms with Crippen molar-refractivity contribution < 1.29 is 49.3 Å². The fraction of sp³-hybridized carbons (Fsp3) is 0.556. The Morgan fingerprint density at radius 2 is 2.00 bits per heavy atom. The number of hydrogen-bond donors (Lipinski definition) is 6. The third-order valence-electron chi connectivity index (χ3n) is 4.46. The summed E-state index contributed by atoms with van der Waals surface area (Å²) in [5, 5.41) is 49.2. The maximum Gasteiger partial charge on any atom is 0.367 e. The first-order chi connectivity index (χ1) is 13.6. The Bertz CT molecular complexity index is 728. The van der Waals surface area contributed by atoms with Crippen LogP contribution in [0.3, 0.4) is 0 Å². The molecule has 1 unspecified atom stereocenters. The normalized spacial score (nSPS) is 29.0. The molecule has 7 N–H and O–H groups in total. The molecule has 0 spiro atoms. The van der Waals surface area contributed by atoms with E-state index in [1.807, 2.05) is 0 Å². The molecule has 1 aliphatic heterocycles. The molecule has 11 heteroatoms. The highest BCUT2D eigenvalue weighted by atomic mass is 16.7. The van der Waals surface area contributed by atoms with Crippen molar-refractivity contribution in [2.45, 2.75) is 56.2 Å². The average molecular weight is 415 g/mol. The zero-order valence-corrected chi connectivity index (χ0v) is 15.7. The van der Waals surface area contributed by atoms with Crippen molar-refractivity contribution in [2.75, 3.05) is 6.61 Å². The van der Waals surface area contributed by atoms with Gasteiger partial charge in [-0.2, -0.15) is 0 Å². The number of carbonyl (C=O) groups excluding carboxylic acids is 2. The largest absolute Gasteiger partial charge is 0.457 e. The van der Waals surface area contributed by atoms with Crippen LogP contribution in [-0.2, 0) is 25.7 Å². The minimum Gasteiger partial charge on any atom is -0.457 e. The Balaban J connectivity index is 2.12. The Hall–Kier alpha value is -2.12. The molecule has 1 aromatic carbocycles. The van der Waals surface area contributed by atoms with Crippen molar-refractivity contribution in [1.29, 1.82) is 0 Å². The molecule has 11 nitrogen and oxygen atoms in total. The van der Waals surface area contributed by atoms with Gasteiger partial charge in [-0.15, -0.1) is 0 Å². The van der Waals surface area contributed by atoms with E-state index in [2.05, 4.69) is 0 Å². The van der Waals surface area contributed by atoms with Gasteiger partial charge in [0.25, 0.3) is 5.79 Å². The molecule has 1 aromatic rings. The molecule has 1 heterocycles. The minimum atomic E-state index is -2.66. The van der Waals surface area contributed by atoms with E-state index in [0.29, 0.717) is 5.56 Å². The fourth-order valence-corrected chi connectivity index (χ4v) is 2.88. The van der Waals surface area contributed by atoms with Gasteiger partial charge in [0, 0.05) is 18.9 Å². The quantitative estimate of drug-likeness (QED) is 0.204.